The molecule has 2 rings (SSSR count). The molecule has 20 heavy (non-hydrogen) atoms. The largest absolute Gasteiger partial charge is 0.382 e. The lowest BCUT2D eigenvalue weighted by Crippen LogP contribution is -2.30. The van der Waals surface area contributed by atoms with E-state index in [-0.39, 0.29) is 16.5 Å². The van der Waals surface area contributed by atoms with Gasteiger partial charge in [0.1, 0.15) is 9.90 Å². The molecule has 0 amide bonds. The van der Waals surface area contributed by atoms with Gasteiger partial charge in [0.2, 0.25) is 0 Å². The Morgan fingerprint density at radius 2 is 2.10 bits per heavy atom. The Hall–Kier alpha value is -0.820. The Labute approximate surface area is 125 Å². The van der Waals surface area contributed by atoms with E-state index in [1.165, 1.54) is 19.3 Å². The van der Waals surface area contributed by atoms with Crippen LogP contribution < -0.4 is 11.1 Å². The molecule has 7 heteroatoms. The Kier molecular flexibility index (Phi) is 4.90. The number of hydrogen-bond acceptors (Lipinski definition) is 6. The van der Waals surface area contributed by atoms with Crippen molar-refractivity contribution in [3.05, 3.63) is 0 Å². The normalized spacial score (nSPS) is 23.7. The molecule has 1 fully saturated rings. The zero-order chi connectivity index (χ0) is 14.8. The number of hydrogen-bond donors (Lipinski definition) is 2. The molecular weight excluding hydrogens is 294 g/mol. The summed E-state index contributed by atoms with van der Waals surface area (Å²) >= 11 is 1.16. The van der Waals surface area contributed by atoms with E-state index in [9.17, 15) is 8.42 Å². The van der Waals surface area contributed by atoms with E-state index in [2.05, 4.69) is 16.6 Å². The maximum absolute atomic E-state index is 12.3. The molecule has 3 N–H and O–H groups in total. The SMILES string of the molecule is CCCS(=O)(=O)c1c(N)nsc1NC1CCCCC1C. The first-order chi connectivity index (χ1) is 9.45. The van der Waals surface area contributed by atoms with Gasteiger partial charge in [-0.1, -0.05) is 26.7 Å². The lowest BCUT2D eigenvalue weighted by Gasteiger charge is -2.29. The molecule has 1 aromatic rings. The third kappa shape index (κ3) is 3.25. The Morgan fingerprint density at radius 3 is 2.75 bits per heavy atom. The van der Waals surface area contributed by atoms with E-state index in [0.717, 1.165) is 18.0 Å². The summed E-state index contributed by atoms with van der Waals surface area (Å²) in [6.45, 7) is 4.06. The molecule has 2 unspecified atom stereocenters. The fraction of sp³-hybridized carbons (Fsp3) is 0.769. The summed E-state index contributed by atoms with van der Waals surface area (Å²) in [5.41, 5.74) is 5.78. The molecule has 1 aliphatic rings. The van der Waals surface area contributed by atoms with Crippen molar-refractivity contribution in [3.8, 4) is 0 Å². The Balaban J connectivity index is 2.25. The van der Waals surface area contributed by atoms with Crippen LogP contribution in [0, 0.1) is 5.92 Å². The highest BCUT2D eigenvalue weighted by molar-refractivity contribution is 7.91. The van der Waals surface area contributed by atoms with Gasteiger partial charge in [-0.25, -0.2) is 8.42 Å². The summed E-state index contributed by atoms with van der Waals surface area (Å²) in [7, 11) is -3.34. The average molecular weight is 317 g/mol. The van der Waals surface area contributed by atoms with Gasteiger partial charge in [0.05, 0.1) is 5.75 Å². The molecular formula is C13H23N3O2S2. The van der Waals surface area contributed by atoms with Gasteiger partial charge in [-0.05, 0) is 36.7 Å². The number of nitrogens with two attached hydrogens (primary N) is 1. The van der Waals surface area contributed by atoms with Crippen LogP contribution in [0.1, 0.15) is 46.0 Å². The molecule has 0 saturated heterocycles. The number of nitrogen functional groups attached to an aromatic ring is 1. The lowest BCUT2D eigenvalue weighted by molar-refractivity contribution is 0.349. The third-order valence-electron chi connectivity index (χ3n) is 3.89. The second-order valence-electron chi connectivity index (χ2n) is 5.56. The van der Waals surface area contributed by atoms with Crippen LogP contribution in [0.25, 0.3) is 0 Å². The Bertz CT molecular complexity index is 554. The monoisotopic (exact) mass is 317 g/mol. The highest BCUT2D eigenvalue weighted by atomic mass is 32.2. The highest BCUT2D eigenvalue weighted by Gasteiger charge is 2.28. The van der Waals surface area contributed by atoms with Gasteiger partial charge in [-0.3, -0.25) is 0 Å². The van der Waals surface area contributed by atoms with Crippen LogP contribution in [0.4, 0.5) is 10.8 Å². The number of anilines is 2. The van der Waals surface area contributed by atoms with Gasteiger partial charge in [0.15, 0.2) is 15.7 Å². The van der Waals surface area contributed by atoms with Crippen LogP contribution in [0.3, 0.4) is 0 Å². The molecule has 1 saturated carbocycles. The van der Waals surface area contributed by atoms with Gasteiger partial charge in [0.25, 0.3) is 0 Å². The number of rotatable bonds is 5. The number of nitrogens with one attached hydrogen (secondary N) is 1. The predicted molar refractivity (Wildman–Crippen MR) is 83.9 cm³/mol. The summed E-state index contributed by atoms with van der Waals surface area (Å²) in [6.07, 6.45) is 5.28. The molecule has 114 valence electrons. The van der Waals surface area contributed by atoms with Crippen molar-refractivity contribution in [1.82, 2.24) is 4.37 Å². The van der Waals surface area contributed by atoms with Gasteiger partial charge in [-0.2, -0.15) is 4.37 Å². The molecule has 0 aromatic carbocycles. The van der Waals surface area contributed by atoms with E-state index in [4.69, 9.17) is 5.73 Å². The summed E-state index contributed by atoms with van der Waals surface area (Å²) in [6, 6.07) is 0.319. The van der Waals surface area contributed by atoms with Gasteiger partial charge in [0, 0.05) is 6.04 Å². The summed E-state index contributed by atoms with van der Waals surface area (Å²) < 4.78 is 28.6. The molecule has 1 aromatic heterocycles. The average Bonchev–Trinajstić information content (AvgIpc) is 2.74. The van der Waals surface area contributed by atoms with Gasteiger partial charge < -0.3 is 11.1 Å². The smallest absolute Gasteiger partial charge is 0.185 e. The van der Waals surface area contributed by atoms with Crippen molar-refractivity contribution in [3.63, 3.8) is 0 Å². The molecule has 0 bridgehead atoms. The standard InChI is InChI=1S/C13H23N3O2S2/c1-3-8-20(17,18)11-12(14)16-19-13(11)15-10-7-5-4-6-9(10)2/h9-10,15H,3-8H2,1-2H3,(H2,14,16). The van der Waals surface area contributed by atoms with Crippen molar-refractivity contribution in [2.45, 2.75) is 56.9 Å². The minimum absolute atomic E-state index is 0.116. The molecule has 0 aliphatic heterocycles. The van der Waals surface area contributed by atoms with Crippen LogP contribution in [0.15, 0.2) is 4.90 Å². The summed E-state index contributed by atoms with van der Waals surface area (Å²) in [5.74, 6) is 0.799. The molecule has 1 aliphatic carbocycles. The summed E-state index contributed by atoms with van der Waals surface area (Å²) in [5, 5.41) is 4.00. The van der Waals surface area contributed by atoms with E-state index >= 15 is 0 Å². The topological polar surface area (TPSA) is 85.1 Å². The Morgan fingerprint density at radius 1 is 1.40 bits per heavy atom. The second-order valence-corrected chi connectivity index (χ2v) is 8.38. The van der Waals surface area contributed by atoms with E-state index in [1.54, 1.807) is 0 Å². The molecule has 0 spiro atoms. The van der Waals surface area contributed by atoms with Crippen molar-refractivity contribution < 1.29 is 8.42 Å². The van der Waals surface area contributed by atoms with Gasteiger partial charge in [-0.15, -0.1) is 0 Å². The van der Waals surface area contributed by atoms with Crippen molar-refractivity contribution in [2.75, 3.05) is 16.8 Å². The maximum Gasteiger partial charge on any atom is 0.185 e. The first-order valence-corrected chi connectivity index (χ1v) is 9.62. The fourth-order valence-electron chi connectivity index (χ4n) is 2.76. The number of sulfone groups is 1. The van der Waals surface area contributed by atoms with Crippen molar-refractivity contribution in [1.29, 1.82) is 0 Å². The van der Waals surface area contributed by atoms with Gasteiger partial charge >= 0.3 is 0 Å². The third-order valence-corrected chi connectivity index (χ3v) is 6.79. The zero-order valence-electron chi connectivity index (χ0n) is 12.1. The molecule has 5 nitrogen and oxygen atoms in total. The quantitative estimate of drug-likeness (QED) is 0.872. The minimum atomic E-state index is -3.34. The maximum atomic E-state index is 12.3. The van der Waals surface area contributed by atoms with E-state index in [1.807, 2.05) is 6.92 Å². The minimum Gasteiger partial charge on any atom is -0.382 e. The lowest BCUT2D eigenvalue weighted by atomic mass is 9.86. The van der Waals surface area contributed by atoms with Crippen LogP contribution in [-0.2, 0) is 9.84 Å². The predicted octanol–water partition coefficient (Wildman–Crippen LogP) is 2.90. The second kappa shape index (κ2) is 6.30. The molecule has 0 radical (unpaired) electrons. The first kappa shape index (κ1) is 15.6. The van der Waals surface area contributed by atoms with E-state index in [0.29, 0.717) is 23.4 Å². The molecule has 1 heterocycles. The van der Waals surface area contributed by atoms with Crippen molar-refractivity contribution >= 4 is 32.2 Å². The van der Waals surface area contributed by atoms with E-state index < -0.39 is 9.84 Å². The number of nitrogens with zero attached hydrogens (tertiary/aromatic N) is 1. The van der Waals surface area contributed by atoms with Crippen LogP contribution in [0.2, 0.25) is 0 Å². The summed E-state index contributed by atoms with van der Waals surface area (Å²) in [4.78, 5) is 0.210. The van der Waals surface area contributed by atoms with Crippen LogP contribution in [-0.4, -0.2) is 24.6 Å². The molecule has 2 atom stereocenters. The fourth-order valence-corrected chi connectivity index (χ4v) is 5.43. The first-order valence-electron chi connectivity index (χ1n) is 7.20. The zero-order valence-corrected chi connectivity index (χ0v) is 13.7. The van der Waals surface area contributed by atoms with Crippen LogP contribution >= 0.6 is 11.5 Å². The highest BCUT2D eigenvalue weighted by Crippen LogP contribution is 2.35. The van der Waals surface area contributed by atoms with Crippen LogP contribution in [0.5, 0.6) is 0 Å². The number of aromatic nitrogens is 1. The van der Waals surface area contributed by atoms with Crippen molar-refractivity contribution in [2.24, 2.45) is 5.92 Å².